The number of hydrogen-bond acceptors (Lipinski definition) is 5. The summed E-state index contributed by atoms with van der Waals surface area (Å²) in [4.78, 5) is 13.3. The van der Waals surface area contributed by atoms with Crippen molar-refractivity contribution in [1.29, 1.82) is 0 Å². The Morgan fingerprint density at radius 1 is 1.30 bits per heavy atom. The van der Waals surface area contributed by atoms with Gasteiger partial charge in [-0.25, -0.2) is 4.39 Å². The summed E-state index contributed by atoms with van der Waals surface area (Å²) in [7, 11) is 0. The summed E-state index contributed by atoms with van der Waals surface area (Å²) >= 11 is 5.58. The lowest BCUT2D eigenvalue weighted by Gasteiger charge is -2.12. The summed E-state index contributed by atoms with van der Waals surface area (Å²) in [6.07, 6.45) is -4.78. The van der Waals surface area contributed by atoms with Gasteiger partial charge in [0.2, 0.25) is 11.7 Å². The lowest BCUT2D eigenvalue weighted by molar-refractivity contribution is -0.384. The minimum Gasteiger partial charge on any atom is -0.434 e. The summed E-state index contributed by atoms with van der Waals surface area (Å²) in [6.45, 7) is 0. The Labute approximate surface area is 130 Å². The van der Waals surface area contributed by atoms with Crippen molar-refractivity contribution in [3.8, 4) is 11.6 Å². The molecule has 0 aliphatic carbocycles. The molecule has 0 bridgehead atoms. The molecule has 0 unspecified atom stereocenters. The van der Waals surface area contributed by atoms with E-state index in [1.54, 1.807) is 0 Å². The Balaban J connectivity index is 2.38. The third-order valence-electron chi connectivity index (χ3n) is 2.61. The second kappa shape index (κ2) is 5.88. The van der Waals surface area contributed by atoms with Crippen molar-refractivity contribution in [2.45, 2.75) is 6.18 Å². The third-order valence-corrected chi connectivity index (χ3v) is 2.89. The van der Waals surface area contributed by atoms with E-state index in [1.165, 1.54) is 0 Å². The first kappa shape index (κ1) is 16.7. The van der Waals surface area contributed by atoms with Crippen molar-refractivity contribution in [1.82, 2.24) is 4.98 Å². The van der Waals surface area contributed by atoms with Gasteiger partial charge in [0.25, 0.3) is 0 Å². The average Bonchev–Trinajstić information content (AvgIpc) is 2.41. The highest BCUT2D eigenvalue weighted by atomic mass is 35.5. The molecule has 0 atom stereocenters. The fourth-order valence-electron chi connectivity index (χ4n) is 1.59. The summed E-state index contributed by atoms with van der Waals surface area (Å²) in [6, 6.07) is 2.64. The summed E-state index contributed by atoms with van der Waals surface area (Å²) in [5.74, 6) is -2.95. The van der Waals surface area contributed by atoms with Gasteiger partial charge in [-0.3, -0.25) is 10.1 Å². The largest absolute Gasteiger partial charge is 0.434 e. The van der Waals surface area contributed by atoms with Crippen LogP contribution in [0.25, 0.3) is 0 Å². The number of nitrogen functional groups attached to an aromatic ring is 1. The van der Waals surface area contributed by atoms with E-state index in [1.807, 2.05) is 0 Å². The van der Waals surface area contributed by atoms with Gasteiger partial charge in [0, 0.05) is 12.1 Å². The first-order valence-electron chi connectivity index (χ1n) is 5.74. The molecule has 0 saturated heterocycles. The van der Waals surface area contributed by atoms with E-state index in [2.05, 4.69) is 4.98 Å². The first-order chi connectivity index (χ1) is 10.6. The highest BCUT2D eigenvalue weighted by molar-refractivity contribution is 6.32. The molecule has 0 radical (unpaired) electrons. The zero-order valence-corrected chi connectivity index (χ0v) is 11.7. The number of nitrogens with two attached hydrogens (primary N) is 1. The number of anilines is 1. The van der Waals surface area contributed by atoms with Crippen molar-refractivity contribution in [2.24, 2.45) is 0 Å². The lowest BCUT2D eigenvalue weighted by Crippen LogP contribution is -2.06. The van der Waals surface area contributed by atoms with Crippen LogP contribution in [0.2, 0.25) is 5.02 Å². The molecule has 2 N–H and O–H groups in total. The Kier molecular flexibility index (Phi) is 4.28. The molecule has 0 saturated carbocycles. The Morgan fingerprint density at radius 2 is 1.96 bits per heavy atom. The smallest absolute Gasteiger partial charge is 0.416 e. The molecular weight excluding hydrogens is 346 g/mol. The van der Waals surface area contributed by atoms with Gasteiger partial charge in [-0.15, -0.1) is 0 Å². The molecule has 0 amide bonds. The van der Waals surface area contributed by atoms with E-state index >= 15 is 0 Å². The number of alkyl halides is 3. The number of ether oxygens (including phenoxy) is 1. The molecule has 0 fully saturated rings. The molecule has 122 valence electrons. The Morgan fingerprint density at radius 3 is 2.43 bits per heavy atom. The molecule has 1 heterocycles. The molecule has 6 nitrogen and oxygen atoms in total. The molecule has 2 rings (SSSR count). The zero-order valence-electron chi connectivity index (χ0n) is 10.9. The van der Waals surface area contributed by atoms with E-state index < -0.39 is 44.8 Å². The lowest BCUT2D eigenvalue weighted by atomic mass is 10.2. The van der Waals surface area contributed by atoms with Crippen molar-refractivity contribution in [2.75, 3.05) is 5.73 Å². The summed E-state index contributed by atoms with van der Waals surface area (Å²) in [5.41, 5.74) is 3.53. The predicted octanol–water partition coefficient (Wildman–Crippen LogP) is 4.18. The van der Waals surface area contributed by atoms with Gasteiger partial charge < -0.3 is 10.5 Å². The first-order valence-corrected chi connectivity index (χ1v) is 6.12. The van der Waals surface area contributed by atoms with Crippen LogP contribution in [0.4, 0.5) is 29.1 Å². The maximum atomic E-state index is 13.8. The molecular formula is C12H6ClF4N3O3. The normalized spacial score (nSPS) is 11.3. The minimum absolute atomic E-state index is 0.204. The monoisotopic (exact) mass is 351 g/mol. The highest BCUT2D eigenvalue weighted by Crippen LogP contribution is 2.38. The Bertz CT molecular complexity index is 760. The number of nitro groups is 1. The second-order valence-electron chi connectivity index (χ2n) is 4.18. The van der Waals surface area contributed by atoms with Crippen LogP contribution in [0, 0.1) is 15.9 Å². The maximum Gasteiger partial charge on any atom is 0.416 e. The van der Waals surface area contributed by atoms with Gasteiger partial charge in [-0.05, 0) is 12.1 Å². The molecule has 1 aromatic carbocycles. The van der Waals surface area contributed by atoms with Crippen molar-refractivity contribution >= 4 is 23.1 Å². The van der Waals surface area contributed by atoms with E-state index in [0.29, 0.717) is 6.07 Å². The van der Waals surface area contributed by atoms with Crippen LogP contribution in [-0.4, -0.2) is 9.91 Å². The number of hydrogen-bond donors (Lipinski definition) is 1. The Hall–Kier alpha value is -2.62. The fraction of sp³-hybridized carbons (Fsp3) is 0.0833. The molecule has 23 heavy (non-hydrogen) atoms. The van der Waals surface area contributed by atoms with Gasteiger partial charge in [-0.2, -0.15) is 18.2 Å². The average molecular weight is 352 g/mol. The number of halogens is 5. The van der Waals surface area contributed by atoms with Gasteiger partial charge >= 0.3 is 11.9 Å². The molecule has 11 heteroatoms. The molecule has 0 aliphatic rings. The molecule has 0 spiro atoms. The maximum absolute atomic E-state index is 13.8. The number of nitrogens with zero attached hydrogens (tertiary/aromatic N) is 2. The van der Waals surface area contributed by atoms with E-state index in [9.17, 15) is 27.7 Å². The van der Waals surface area contributed by atoms with Crippen LogP contribution in [0.3, 0.4) is 0 Å². The highest BCUT2D eigenvalue weighted by Gasteiger charge is 2.32. The predicted molar refractivity (Wildman–Crippen MR) is 71.8 cm³/mol. The molecule has 0 aliphatic heterocycles. The topological polar surface area (TPSA) is 91.3 Å². The number of benzene rings is 1. The van der Waals surface area contributed by atoms with Crippen LogP contribution < -0.4 is 10.5 Å². The van der Waals surface area contributed by atoms with Crippen LogP contribution in [0.5, 0.6) is 11.6 Å². The van der Waals surface area contributed by atoms with Crippen LogP contribution in [-0.2, 0) is 6.18 Å². The third kappa shape index (κ3) is 3.59. The number of pyridine rings is 1. The fourth-order valence-corrected chi connectivity index (χ4v) is 1.83. The van der Waals surface area contributed by atoms with E-state index in [-0.39, 0.29) is 11.9 Å². The number of rotatable bonds is 3. The van der Waals surface area contributed by atoms with Crippen LogP contribution >= 0.6 is 11.6 Å². The van der Waals surface area contributed by atoms with Crippen molar-refractivity contribution < 1.29 is 27.2 Å². The van der Waals surface area contributed by atoms with Gasteiger partial charge in [-0.1, -0.05) is 11.6 Å². The zero-order chi connectivity index (χ0) is 17.4. The van der Waals surface area contributed by atoms with E-state index in [4.69, 9.17) is 22.1 Å². The van der Waals surface area contributed by atoms with Crippen molar-refractivity contribution in [3.05, 3.63) is 50.8 Å². The minimum atomic E-state index is -4.78. The van der Waals surface area contributed by atoms with Gasteiger partial charge in [0.1, 0.15) is 0 Å². The van der Waals surface area contributed by atoms with Crippen LogP contribution in [0.1, 0.15) is 5.56 Å². The SMILES string of the molecule is Nc1nc(Oc2c(F)cc(C(F)(F)F)cc2Cl)ccc1[N+](=O)[O-]. The quantitative estimate of drug-likeness (QED) is 0.509. The van der Waals surface area contributed by atoms with Gasteiger partial charge in [0.15, 0.2) is 11.6 Å². The standard InChI is InChI=1S/C12H6ClF4N3O3/c13-6-3-5(12(15,16)17)4-7(14)10(6)23-9-2-1-8(20(21)22)11(18)19-9/h1-4H,(H2,18,19). The summed E-state index contributed by atoms with van der Waals surface area (Å²) < 4.78 is 56.3. The van der Waals surface area contributed by atoms with Crippen LogP contribution in [0.15, 0.2) is 24.3 Å². The molecule has 2 aromatic rings. The second-order valence-corrected chi connectivity index (χ2v) is 4.59. The molecule has 1 aromatic heterocycles. The number of aromatic nitrogens is 1. The summed E-state index contributed by atoms with van der Waals surface area (Å²) in [5, 5.41) is 9.95. The van der Waals surface area contributed by atoms with Crippen molar-refractivity contribution in [3.63, 3.8) is 0 Å². The van der Waals surface area contributed by atoms with E-state index in [0.717, 1.165) is 12.1 Å². The van der Waals surface area contributed by atoms with Gasteiger partial charge in [0.05, 0.1) is 15.5 Å².